The van der Waals surface area contributed by atoms with Crippen LogP contribution in [0.25, 0.3) is 0 Å². The third kappa shape index (κ3) is 6.66. The smallest absolute Gasteiger partial charge is 0.416 e. The van der Waals surface area contributed by atoms with Crippen molar-refractivity contribution in [2.45, 2.75) is 31.8 Å². The quantitative estimate of drug-likeness (QED) is 0.632. The zero-order valence-corrected chi connectivity index (χ0v) is 21.0. The summed E-state index contributed by atoms with van der Waals surface area (Å²) in [6, 6.07) is 9.12. The summed E-state index contributed by atoms with van der Waals surface area (Å²) in [4.78, 5) is 16.8. The average Bonchev–Trinajstić information content (AvgIpc) is 2.81. The van der Waals surface area contributed by atoms with Crippen LogP contribution in [0, 0.1) is 5.41 Å². The topological polar surface area (TPSA) is 78.9 Å². The van der Waals surface area contributed by atoms with Crippen molar-refractivity contribution < 1.29 is 31.1 Å². The van der Waals surface area contributed by atoms with Crippen molar-refractivity contribution in [1.29, 1.82) is 0 Å². The molecule has 1 saturated heterocycles. The number of halogens is 3. The third-order valence-corrected chi connectivity index (χ3v) is 6.96. The largest absolute Gasteiger partial charge is 0.492 e. The molecule has 1 amide bonds. The number of hydrogen-bond acceptors (Lipinski definition) is 5. The molecule has 1 fully saturated rings. The maximum Gasteiger partial charge on any atom is 0.416 e. The van der Waals surface area contributed by atoms with Gasteiger partial charge in [0.25, 0.3) is 5.91 Å². The zero-order chi connectivity index (χ0) is 26.0. The Kier molecular flexibility index (Phi) is 7.71. The SMILES string of the molecule is CNS(=O)(=O)c1ccc(OCC(C)(C)C)c(C(=O)N2CCN(c3ccc(C(F)(F)F)cc3)CC2)c1. The molecule has 0 bridgehead atoms. The molecule has 1 heterocycles. The van der Waals surface area contributed by atoms with Gasteiger partial charge in [-0.1, -0.05) is 20.8 Å². The fraction of sp³-hybridized carbons (Fsp3) is 0.458. The number of rotatable bonds is 6. The van der Waals surface area contributed by atoms with Gasteiger partial charge in [-0.2, -0.15) is 13.2 Å². The first-order valence-corrected chi connectivity index (χ1v) is 12.6. The average molecular weight is 514 g/mol. The minimum absolute atomic E-state index is 0.0464. The summed E-state index contributed by atoms with van der Waals surface area (Å²) in [7, 11) is -2.48. The molecule has 1 N–H and O–H groups in total. The molecule has 35 heavy (non-hydrogen) atoms. The van der Waals surface area contributed by atoms with Crippen LogP contribution in [0.2, 0.25) is 0 Å². The first-order chi connectivity index (χ1) is 16.2. The number of piperazine rings is 1. The molecule has 7 nitrogen and oxygen atoms in total. The lowest BCUT2D eigenvalue weighted by Gasteiger charge is -2.36. The van der Waals surface area contributed by atoms with Crippen molar-refractivity contribution >= 4 is 21.6 Å². The second kappa shape index (κ2) is 10.1. The van der Waals surface area contributed by atoms with Crippen molar-refractivity contribution in [3.05, 3.63) is 53.6 Å². The maximum absolute atomic E-state index is 13.4. The lowest BCUT2D eigenvalue weighted by atomic mass is 9.98. The number of amides is 1. The Morgan fingerprint density at radius 1 is 1.00 bits per heavy atom. The van der Waals surface area contributed by atoms with Gasteiger partial charge in [0.2, 0.25) is 10.0 Å². The van der Waals surface area contributed by atoms with E-state index in [-0.39, 0.29) is 21.8 Å². The van der Waals surface area contributed by atoms with Crippen molar-refractivity contribution in [3.8, 4) is 5.75 Å². The van der Waals surface area contributed by atoms with Gasteiger partial charge < -0.3 is 14.5 Å². The molecule has 0 radical (unpaired) electrons. The molecule has 3 rings (SSSR count). The standard InChI is InChI=1S/C24H30F3N3O4S/c1-23(2,3)16-34-21-10-9-19(35(32,33)28-4)15-20(21)22(31)30-13-11-29(12-14-30)18-7-5-17(6-8-18)24(25,26)27/h5-10,15,28H,11-14,16H2,1-4H3. The second-order valence-corrected chi connectivity index (χ2v) is 11.4. The maximum atomic E-state index is 13.4. The Morgan fingerprint density at radius 2 is 1.60 bits per heavy atom. The number of nitrogens with zero attached hydrogens (tertiary/aromatic N) is 2. The zero-order valence-electron chi connectivity index (χ0n) is 20.1. The predicted octanol–water partition coefficient (Wildman–Crippen LogP) is 4.00. The summed E-state index contributed by atoms with van der Waals surface area (Å²) < 4.78 is 71.2. The van der Waals surface area contributed by atoms with Crippen LogP contribution in [0.3, 0.4) is 0 Å². The summed E-state index contributed by atoms with van der Waals surface area (Å²) in [6.45, 7) is 7.75. The highest BCUT2D eigenvalue weighted by atomic mass is 32.2. The van der Waals surface area contributed by atoms with Gasteiger partial charge >= 0.3 is 6.18 Å². The molecule has 11 heteroatoms. The fourth-order valence-electron chi connectivity index (χ4n) is 3.58. The van der Waals surface area contributed by atoms with E-state index in [9.17, 15) is 26.4 Å². The first kappa shape index (κ1) is 26.8. The van der Waals surface area contributed by atoms with Crippen LogP contribution >= 0.6 is 0 Å². The summed E-state index contributed by atoms with van der Waals surface area (Å²) in [5.41, 5.74) is -0.104. The molecular weight excluding hydrogens is 483 g/mol. The van der Waals surface area contributed by atoms with E-state index in [4.69, 9.17) is 4.74 Å². The van der Waals surface area contributed by atoms with Crippen molar-refractivity contribution in [2.75, 3.05) is 44.7 Å². The van der Waals surface area contributed by atoms with E-state index in [1.165, 1.54) is 37.4 Å². The van der Waals surface area contributed by atoms with Crippen LogP contribution in [-0.4, -0.2) is 59.1 Å². The molecule has 192 valence electrons. The molecule has 0 saturated carbocycles. The Hall–Kier alpha value is -2.79. The van der Waals surface area contributed by atoms with Crippen LogP contribution < -0.4 is 14.4 Å². The Labute approximate surface area is 203 Å². The minimum Gasteiger partial charge on any atom is -0.492 e. The highest BCUT2D eigenvalue weighted by Crippen LogP contribution is 2.31. The number of alkyl halides is 3. The number of anilines is 1. The van der Waals surface area contributed by atoms with Gasteiger partial charge in [0.1, 0.15) is 5.75 Å². The summed E-state index contributed by atoms with van der Waals surface area (Å²) >= 11 is 0. The highest BCUT2D eigenvalue weighted by molar-refractivity contribution is 7.89. The highest BCUT2D eigenvalue weighted by Gasteiger charge is 2.31. The van der Waals surface area contributed by atoms with E-state index in [0.717, 1.165) is 12.1 Å². The number of carbonyl (C=O) groups is 1. The Morgan fingerprint density at radius 3 is 2.11 bits per heavy atom. The van der Waals surface area contributed by atoms with Crippen LogP contribution in [0.1, 0.15) is 36.7 Å². The first-order valence-electron chi connectivity index (χ1n) is 11.1. The van der Waals surface area contributed by atoms with Gasteiger partial charge in [0.05, 0.1) is 22.6 Å². The van der Waals surface area contributed by atoms with Crippen LogP contribution in [0.4, 0.5) is 18.9 Å². The van der Waals surface area contributed by atoms with E-state index in [0.29, 0.717) is 44.2 Å². The van der Waals surface area contributed by atoms with E-state index < -0.39 is 21.8 Å². The van der Waals surface area contributed by atoms with Gasteiger partial charge in [0.15, 0.2) is 0 Å². The number of carbonyl (C=O) groups excluding carboxylic acids is 1. The van der Waals surface area contributed by atoms with Crippen molar-refractivity contribution in [3.63, 3.8) is 0 Å². The Bertz CT molecular complexity index is 1150. The number of ether oxygens (including phenoxy) is 1. The summed E-state index contributed by atoms with van der Waals surface area (Å²) in [5.74, 6) is -0.0701. The number of hydrogen-bond donors (Lipinski definition) is 1. The Balaban J connectivity index is 1.78. The van der Waals surface area contributed by atoms with E-state index in [2.05, 4.69) is 4.72 Å². The van der Waals surface area contributed by atoms with Gasteiger partial charge in [-0.25, -0.2) is 13.1 Å². The molecule has 2 aromatic rings. The van der Waals surface area contributed by atoms with Gasteiger partial charge in [-0.05, 0) is 54.9 Å². The summed E-state index contributed by atoms with van der Waals surface area (Å²) in [5, 5.41) is 0. The van der Waals surface area contributed by atoms with Gasteiger partial charge in [0, 0.05) is 31.9 Å². The predicted molar refractivity (Wildman–Crippen MR) is 127 cm³/mol. The van der Waals surface area contributed by atoms with Crippen molar-refractivity contribution in [1.82, 2.24) is 9.62 Å². The van der Waals surface area contributed by atoms with Crippen LogP contribution in [-0.2, 0) is 16.2 Å². The lowest BCUT2D eigenvalue weighted by Crippen LogP contribution is -2.49. The number of nitrogens with one attached hydrogen (secondary N) is 1. The number of sulfonamides is 1. The summed E-state index contributed by atoms with van der Waals surface area (Å²) in [6.07, 6.45) is -4.40. The second-order valence-electron chi connectivity index (χ2n) is 9.54. The normalized spacial score (nSPS) is 15.3. The third-order valence-electron chi connectivity index (χ3n) is 5.55. The van der Waals surface area contributed by atoms with Crippen LogP contribution in [0.5, 0.6) is 5.75 Å². The van der Waals surface area contributed by atoms with Gasteiger partial charge in [-0.15, -0.1) is 0 Å². The molecule has 0 unspecified atom stereocenters. The number of benzene rings is 2. The molecule has 1 aliphatic rings. The van der Waals surface area contributed by atoms with Crippen LogP contribution in [0.15, 0.2) is 47.4 Å². The molecular formula is C24H30F3N3O4S. The molecule has 1 aliphatic heterocycles. The van der Waals surface area contributed by atoms with Gasteiger partial charge in [-0.3, -0.25) is 4.79 Å². The molecule has 2 aromatic carbocycles. The van der Waals surface area contributed by atoms with E-state index >= 15 is 0 Å². The van der Waals surface area contributed by atoms with E-state index in [1.807, 2.05) is 25.7 Å². The molecule has 0 aromatic heterocycles. The van der Waals surface area contributed by atoms with E-state index in [1.54, 1.807) is 4.90 Å². The molecule has 0 atom stereocenters. The monoisotopic (exact) mass is 513 g/mol. The van der Waals surface area contributed by atoms with Crippen molar-refractivity contribution in [2.24, 2.45) is 5.41 Å². The fourth-order valence-corrected chi connectivity index (χ4v) is 4.34. The molecule has 0 aliphatic carbocycles. The minimum atomic E-state index is -4.40. The molecule has 0 spiro atoms. The lowest BCUT2D eigenvalue weighted by molar-refractivity contribution is -0.137.